The van der Waals surface area contributed by atoms with Crippen LogP contribution in [0.4, 0.5) is 0 Å². The van der Waals surface area contributed by atoms with Gasteiger partial charge in [0.15, 0.2) is 11.4 Å². The van der Waals surface area contributed by atoms with E-state index in [0.717, 1.165) is 11.3 Å². The highest BCUT2D eigenvalue weighted by Gasteiger charge is 2.39. The second-order valence-corrected chi connectivity index (χ2v) is 6.60. The standard InChI is InChI=1S/C20H21N3O5/c1-27-13-17-21-9-4-5-11-28-16-7-3-2-6-14(16)12-23(17)22-10-8-15(24)19(25)18(22)20(21)26/h2-8,10,17,25H,9,11-13H2,1H3/b5-4-/t17-/m0/s1. The van der Waals surface area contributed by atoms with E-state index in [1.165, 1.54) is 16.9 Å². The van der Waals surface area contributed by atoms with Gasteiger partial charge in [0.1, 0.15) is 18.5 Å². The number of ether oxygens (including phenoxy) is 2. The number of pyridine rings is 1. The maximum Gasteiger partial charge on any atom is 0.278 e. The first-order chi connectivity index (χ1) is 13.6. The van der Waals surface area contributed by atoms with Crippen LogP contribution >= 0.6 is 0 Å². The van der Waals surface area contributed by atoms with Crippen molar-refractivity contribution < 1.29 is 19.4 Å². The lowest BCUT2D eigenvalue weighted by Crippen LogP contribution is -2.62. The third-order valence-electron chi connectivity index (χ3n) is 4.92. The van der Waals surface area contributed by atoms with Crippen molar-refractivity contribution in [1.29, 1.82) is 0 Å². The van der Waals surface area contributed by atoms with Gasteiger partial charge in [0.2, 0.25) is 5.43 Å². The van der Waals surface area contributed by atoms with E-state index in [1.807, 2.05) is 41.4 Å². The number of aromatic nitrogens is 1. The fraction of sp³-hybridized carbons (Fsp3) is 0.300. The lowest BCUT2D eigenvalue weighted by molar-refractivity contribution is 0.0406. The minimum atomic E-state index is -0.590. The van der Waals surface area contributed by atoms with Crippen LogP contribution in [-0.4, -0.2) is 53.6 Å². The molecular formula is C20H21N3O5. The van der Waals surface area contributed by atoms with Crippen LogP contribution < -0.4 is 15.2 Å². The summed E-state index contributed by atoms with van der Waals surface area (Å²) in [6.07, 6.45) is 4.76. The normalized spacial score (nSPS) is 19.9. The Kier molecular flexibility index (Phi) is 4.79. The monoisotopic (exact) mass is 383 g/mol. The van der Waals surface area contributed by atoms with Gasteiger partial charge in [0, 0.05) is 31.5 Å². The highest BCUT2D eigenvalue weighted by atomic mass is 16.5. The van der Waals surface area contributed by atoms with Gasteiger partial charge in [-0.2, -0.15) is 0 Å². The zero-order valence-corrected chi connectivity index (χ0v) is 15.4. The van der Waals surface area contributed by atoms with Crippen LogP contribution in [0.25, 0.3) is 0 Å². The average Bonchev–Trinajstić information content (AvgIpc) is 2.72. The van der Waals surface area contributed by atoms with Crippen molar-refractivity contribution in [3.8, 4) is 11.5 Å². The molecule has 0 radical (unpaired) electrons. The smallest absolute Gasteiger partial charge is 0.278 e. The van der Waals surface area contributed by atoms with Crippen LogP contribution in [-0.2, 0) is 11.3 Å². The number of methoxy groups -OCH3 is 1. The van der Waals surface area contributed by atoms with Crippen molar-refractivity contribution in [2.45, 2.75) is 12.7 Å². The fourth-order valence-electron chi connectivity index (χ4n) is 3.56. The van der Waals surface area contributed by atoms with Gasteiger partial charge < -0.3 is 19.5 Å². The summed E-state index contributed by atoms with van der Waals surface area (Å²) in [5.41, 5.74) is 0.275. The molecule has 2 aromatic rings. The van der Waals surface area contributed by atoms with Crippen molar-refractivity contribution in [3.63, 3.8) is 0 Å². The molecule has 0 spiro atoms. The molecule has 0 unspecified atom stereocenters. The van der Waals surface area contributed by atoms with Gasteiger partial charge in [-0.05, 0) is 12.1 Å². The number of benzene rings is 1. The number of nitrogens with zero attached hydrogens (tertiary/aromatic N) is 3. The number of amides is 1. The molecule has 1 aromatic heterocycles. The second kappa shape index (κ2) is 7.40. The molecule has 28 heavy (non-hydrogen) atoms. The SMILES string of the molecule is COC[C@H]1N2C/C=C\COc3ccccc3CN1n1ccc(=O)c(O)c1C2=O. The quantitative estimate of drug-likeness (QED) is 0.781. The number of carbonyl (C=O) groups is 1. The van der Waals surface area contributed by atoms with E-state index in [1.54, 1.807) is 12.0 Å². The first-order valence-corrected chi connectivity index (χ1v) is 8.99. The third-order valence-corrected chi connectivity index (χ3v) is 4.92. The number of aromatic hydroxyl groups is 1. The fourth-order valence-corrected chi connectivity index (χ4v) is 3.56. The number of rotatable bonds is 2. The molecule has 8 heteroatoms. The number of fused-ring (bicyclic) bond motifs is 5. The van der Waals surface area contributed by atoms with E-state index in [4.69, 9.17) is 9.47 Å². The van der Waals surface area contributed by atoms with Crippen LogP contribution in [0.15, 0.2) is 53.5 Å². The molecule has 146 valence electrons. The molecule has 1 atom stereocenters. The molecule has 2 aliphatic rings. The van der Waals surface area contributed by atoms with Gasteiger partial charge in [-0.25, -0.2) is 0 Å². The third kappa shape index (κ3) is 3.01. The van der Waals surface area contributed by atoms with Gasteiger partial charge in [0.25, 0.3) is 5.91 Å². The van der Waals surface area contributed by atoms with Crippen LogP contribution in [0.3, 0.4) is 0 Å². The molecule has 3 heterocycles. The number of carbonyl (C=O) groups excluding carboxylic acids is 1. The van der Waals surface area contributed by atoms with Crippen molar-refractivity contribution >= 4 is 5.91 Å². The van der Waals surface area contributed by atoms with Crippen LogP contribution in [0, 0.1) is 0 Å². The van der Waals surface area contributed by atoms with E-state index >= 15 is 0 Å². The maximum atomic E-state index is 13.1. The summed E-state index contributed by atoms with van der Waals surface area (Å²) in [6.45, 7) is 1.33. The Morgan fingerprint density at radius 1 is 1.21 bits per heavy atom. The molecule has 4 rings (SSSR count). The lowest BCUT2D eigenvalue weighted by Gasteiger charge is -2.46. The summed E-state index contributed by atoms with van der Waals surface area (Å²) < 4.78 is 12.8. The van der Waals surface area contributed by atoms with E-state index in [0.29, 0.717) is 19.7 Å². The summed E-state index contributed by atoms with van der Waals surface area (Å²) in [6, 6.07) is 8.91. The Labute approximate surface area is 161 Å². The number of hydrogen-bond donors (Lipinski definition) is 1. The number of hydrogen-bond acceptors (Lipinski definition) is 6. The van der Waals surface area contributed by atoms with Gasteiger partial charge in [-0.3, -0.25) is 19.3 Å². The Morgan fingerprint density at radius 2 is 2.04 bits per heavy atom. The van der Waals surface area contributed by atoms with Crippen LogP contribution in [0.5, 0.6) is 11.5 Å². The molecule has 1 aromatic carbocycles. The van der Waals surface area contributed by atoms with E-state index in [9.17, 15) is 14.7 Å². The molecule has 0 saturated carbocycles. The molecular weight excluding hydrogens is 362 g/mol. The molecule has 0 aliphatic carbocycles. The number of para-hydroxylation sites is 1. The van der Waals surface area contributed by atoms with E-state index < -0.39 is 23.3 Å². The Balaban J connectivity index is 1.92. The maximum absolute atomic E-state index is 13.1. The van der Waals surface area contributed by atoms with Gasteiger partial charge in [0.05, 0.1) is 13.2 Å². The minimum Gasteiger partial charge on any atom is -0.502 e. The van der Waals surface area contributed by atoms with Crippen LogP contribution in [0.2, 0.25) is 0 Å². The zero-order valence-electron chi connectivity index (χ0n) is 15.4. The Hall–Kier alpha value is -3.26. The Bertz CT molecular complexity index is 984. The van der Waals surface area contributed by atoms with Crippen molar-refractivity contribution in [3.05, 3.63) is 70.2 Å². The van der Waals surface area contributed by atoms with Crippen LogP contribution in [0.1, 0.15) is 16.1 Å². The lowest BCUT2D eigenvalue weighted by atomic mass is 10.1. The molecule has 1 N–H and O–H groups in total. The highest BCUT2D eigenvalue weighted by Crippen LogP contribution is 2.28. The highest BCUT2D eigenvalue weighted by molar-refractivity contribution is 5.96. The van der Waals surface area contributed by atoms with Crippen molar-refractivity contribution in [2.24, 2.45) is 0 Å². The summed E-state index contributed by atoms with van der Waals surface area (Å²) in [4.78, 5) is 26.7. The summed E-state index contributed by atoms with van der Waals surface area (Å²) in [7, 11) is 1.57. The predicted molar refractivity (Wildman–Crippen MR) is 102 cm³/mol. The largest absolute Gasteiger partial charge is 0.502 e. The average molecular weight is 383 g/mol. The molecule has 0 saturated heterocycles. The molecule has 2 bridgehead atoms. The zero-order chi connectivity index (χ0) is 19.7. The first-order valence-electron chi connectivity index (χ1n) is 8.99. The van der Waals surface area contributed by atoms with Gasteiger partial charge >= 0.3 is 0 Å². The van der Waals surface area contributed by atoms with Crippen molar-refractivity contribution in [2.75, 3.05) is 31.9 Å². The van der Waals surface area contributed by atoms with E-state index in [-0.39, 0.29) is 12.3 Å². The summed E-state index contributed by atoms with van der Waals surface area (Å²) >= 11 is 0. The van der Waals surface area contributed by atoms with Gasteiger partial charge in [-0.1, -0.05) is 24.3 Å². The topological polar surface area (TPSA) is 84.2 Å². The van der Waals surface area contributed by atoms with Gasteiger partial charge in [-0.15, -0.1) is 0 Å². The first kappa shape index (κ1) is 18.1. The predicted octanol–water partition coefficient (Wildman–Crippen LogP) is 1.07. The minimum absolute atomic E-state index is 0.0501. The molecule has 2 aliphatic heterocycles. The molecule has 0 fully saturated rings. The summed E-state index contributed by atoms with van der Waals surface area (Å²) in [5.74, 6) is -0.242. The van der Waals surface area contributed by atoms with Crippen molar-refractivity contribution in [1.82, 2.24) is 9.58 Å². The summed E-state index contributed by atoms with van der Waals surface area (Å²) in [5, 5.41) is 12.2. The second-order valence-electron chi connectivity index (χ2n) is 6.60. The molecule has 8 nitrogen and oxygen atoms in total. The van der Waals surface area contributed by atoms with E-state index in [2.05, 4.69) is 0 Å². The molecule has 1 amide bonds. The Morgan fingerprint density at radius 3 is 2.86 bits per heavy atom.